The van der Waals surface area contributed by atoms with Crippen LogP contribution in [0.4, 0.5) is 4.79 Å². The Hall–Kier alpha value is -3.26. The van der Waals surface area contributed by atoms with E-state index in [2.05, 4.69) is 10.6 Å². The molecule has 1 aliphatic heterocycles. The lowest BCUT2D eigenvalue weighted by atomic mass is 10.1. The minimum Gasteiger partial charge on any atom is -0.496 e. The number of fused-ring (bicyclic) bond motifs is 1. The van der Waals surface area contributed by atoms with Gasteiger partial charge in [0.25, 0.3) is 0 Å². The lowest BCUT2D eigenvalue weighted by molar-refractivity contribution is -0.0828. The van der Waals surface area contributed by atoms with Crippen molar-refractivity contribution in [2.24, 2.45) is 5.16 Å². The topological polar surface area (TPSA) is 72.4 Å². The van der Waals surface area contributed by atoms with Gasteiger partial charge in [0.05, 0.1) is 12.7 Å². The smallest absolute Gasteiger partial charge is 0.432 e. The molecule has 0 bridgehead atoms. The van der Waals surface area contributed by atoms with Crippen molar-refractivity contribution in [1.82, 2.24) is 10.4 Å². The van der Waals surface area contributed by atoms with Gasteiger partial charge < -0.3 is 14.3 Å². The van der Waals surface area contributed by atoms with Gasteiger partial charge in [-0.25, -0.2) is 15.2 Å². The molecule has 0 fully saturated rings. The minimum absolute atomic E-state index is 0.427. The summed E-state index contributed by atoms with van der Waals surface area (Å²) in [6.45, 7) is 3.58. The lowest BCUT2D eigenvalue weighted by Gasteiger charge is -2.30. The highest BCUT2D eigenvalue weighted by molar-refractivity contribution is 7.20. The number of thiophene rings is 1. The third kappa shape index (κ3) is 3.34. The van der Waals surface area contributed by atoms with Gasteiger partial charge in [-0.15, -0.1) is 0 Å². The van der Waals surface area contributed by atoms with Crippen molar-refractivity contribution < 1.29 is 19.1 Å². The second-order valence-corrected chi connectivity index (χ2v) is 7.64. The number of rotatable bonds is 4. The van der Waals surface area contributed by atoms with E-state index in [0.717, 1.165) is 10.1 Å². The Morgan fingerprint density at radius 3 is 2.71 bits per heavy atom. The first kappa shape index (κ1) is 18.1. The lowest BCUT2D eigenvalue weighted by Crippen LogP contribution is -2.55. The number of ether oxygens (including phenoxy) is 2. The normalized spacial score (nSPS) is 15.1. The first-order valence-electron chi connectivity index (χ1n) is 8.65. The molecule has 0 unspecified atom stereocenters. The Bertz CT molecular complexity index is 1030. The van der Waals surface area contributed by atoms with E-state index < -0.39 is 11.8 Å². The molecule has 1 aromatic heterocycles. The first-order chi connectivity index (χ1) is 13.5. The van der Waals surface area contributed by atoms with E-state index in [-0.39, 0.29) is 0 Å². The summed E-state index contributed by atoms with van der Waals surface area (Å²) in [5, 5.41) is 7.20. The minimum atomic E-state index is -0.893. The van der Waals surface area contributed by atoms with Crippen molar-refractivity contribution in [2.75, 3.05) is 7.11 Å². The van der Waals surface area contributed by atoms with Gasteiger partial charge in [-0.1, -0.05) is 46.8 Å². The molecule has 8 heteroatoms. The molecule has 0 saturated carbocycles. The number of oxime groups is 1. The average Bonchev–Trinajstić information content (AvgIpc) is 3.21. The van der Waals surface area contributed by atoms with Gasteiger partial charge in [0.15, 0.2) is 5.06 Å². The number of benzene rings is 2. The van der Waals surface area contributed by atoms with Crippen LogP contribution in [0.25, 0.3) is 10.1 Å². The number of nitrogens with one attached hydrogen (secondary N) is 1. The number of amidine groups is 1. The maximum atomic E-state index is 12.6. The Morgan fingerprint density at radius 1 is 1.18 bits per heavy atom. The molecule has 3 aromatic rings. The van der Waals surface area contributed by atoms with Gasteiger partial charge in [0, 0.05) is 10.8 Å². The van der Waals surface area contributed by atoms with Crippen molar-refractivity contribution >= 4 is 33.4 Å². The zero-order chi connectivity index (χ0) is 19.7. The Labute approximate surface area is 166 Å². The molecule has 144 valence electrons. The Balaban J connectivity index is 1.55. The van der Waals surface area contributed by atoms with Crippen LogP contribution < -0.4 is 14.9 Å². The molecule has 0 radical (unpaired) electrons. The SMILES string of the molecule is COc1ccccc1C1=NOC(C)(C)N1NC(=O)Oc1cc2ccccc2s1. The summed E-state index contributed by atoms with van der Waals surface area (Å²) in [7, 11) is 1.58. The van der Waals surface area contributed by atoms with Crippen LogP contribution in [0.2, 0.25) is 0 Å². The largest absolute Gasteiger partial charge is 0.496 e. The molecule has 0 spiro atoms. The molecule has 1 N–H and O–H groups in total. The Morgan fingerprint density at radius 2 is 1.93 bits per heavy atom. The average molecular weight is 397 g/mol. The number of para-hydroxylation sites is 1. The van der Waals surface area contributed by atoms with Crippen molar-refractivity contribution in [3.63, 3.8) is 0 Å². The maximum Gasteiger partial charge on any atom is 0.432 e. The van der Waals surface area contributed by atoms with Gasteiger partial charge in [0.2, 0.25) is 11.6 Å². The molecule has 0 atom stereocenters. The van der Waals surface area contributed by atoms with E-state index in [1.807, 2.05) is 54.6 Å². The van der Waals surface area contributed by atoms with Crippen LogP contribution in [0.1, 0.15) is 19.4 Å². The number of amides is 1. The van der Waals surface area contributed by atoms with Crippen LogP contribution in [0.15, 0.2) is 59.8 Å². The molecular formula is C20H19N3O4S. The van der Waals surface area contributed by atoms with Gasteiger partial charge in [-0.05, 0) is 37.4 Å². The summed E-state index contributed by atoms with van der Waals surface area (Å²) in [6, 6.07) is 17.1. The highest BCUT2D eigenvalue weighted by Gasteiger charge is 2.41. The second kappa shape index (κ2) is 7.05. The molecule has 4 rings (SSSR count). The number of hydrazine groups is 1. The summed E-state index contributed by atoms with van der Waals surface area (Å²) in [4.78, 5) is 18.1. The number of hydrogen-bond acceptors (Lipinski definition) is 7. The van der Waals surface area contributed by atoms with E-state index >= 15 is 0 Å². The molecule has 28 heavy (non-hydrogen) atoms. The summed E-state index contributed by atoms with van der Waals surface area (Å²) >= 11 is 1.40. The molecule has 7 nitrogen and oxygen atoms in total. The molecule has 2 heterocycles. The van der Waals surface area contributed by atoms with Crippen LogP contribution in [-0.2, 0) is 4.84 Å². The molecular weight excluding hydrogens is 378 g/mol. The molecule has 1 amide bonds. The van der Waals surface area contributed by atoms with Crippen molar-refractivity contribution in [1.29, 1.82) is 0 Å². The van der Waals surface area contributed by atoms with Crippen LogP contribution in [0.5, 0.6) is 10.8 Å². The van der Waals surface area contributed by atoms with Crippen molar-refractivity contribution in [2.45, 2.75) is 19.6 Å². The van der Waals surface area contributed by atoms with E-state index in [4.69, 9.17) is 14.3 Å². The molecule has 0 saturated heterocycles. The van der Waals surface area contributed by atoms with Gasteiger partial charge in [0.1, 0.15) is 5.75 Å². The van der Waals surface area contributed by atoms with Gasteiger partial charge >= 0.3 is 6.09 Å². The third-order valence-electron chi connectivity index (χ3n) is 4.25. The summed E-state index contributed by atoms with van der Waals surface area (Å²) in [6.07, 6.45) is -0.632. The van der Waals surface area contributed by atoms with E-state index in [9.17, 15) is 4.79 Å². The number of nitrogens with zero attached hydrogens (tertiary/aromatic N) is 2. The van der Waals surface area contributed by atoms with Crippen LogP contribution in [-0.4, -0.2) is 29.8 Å². The second-order valence-electron chi connectivity index (χ2n) is 6.59. The standard InChI is InChI=1S/C20H19N3O4S/c1-20(2)23(18(22-27-20)14-9-5-6-10-15(14)25-3)21-19(24)26-17-12-13-8-4-7-11-16(13)28-17/h4-12H,1-3H3,(H,21,24). The van der Waals surface area contributed by atoms with E-state index in [0.29, 0.717) is 22.2 Å². The van der Waals surface area contributed by atoms with E-state index in [1.165, 1.54) is 16.3 Å². The summed E-state index contributed by atoms with van der Waals surface area (Å²) < 4.78 is 11.9. The van der Waals surface area contributed by atoms with E-state index in [1.54, 1.807) is 21.0 Å². The fraction of sp³-hybridized carbons (Fsp3) is 0.200. The maximum absolute atomic E-state index is 12.6. The number of methoxy groups -OCH3 is 1. The summed E-state index contributed by atoms with van der Waals surface area (Å²) in [5.74, 6) is 1.04. The van der Waals surface area contributed by atoms with Crippen LogP contribution in [0, 0.1) is 0 Å². The number of carbonyl (C=O) groups is 1. The molecule has 2 aromatic carbocycles. The fourth-order valence-corrected chi connectivity index (χ4v) is 3.80. The monoisotopic (exact) mass is 397 g/mol. The quantitative estimate of drug-likeness (QED) is 0.709. The number of hydrogen-bond donors (Lipinski definition) is 1. The van der Waals surface area contributed by atoms with Crippen molar-refractivity contribution in [3.8, 4) is 10.8 Å². The zero-order valence-electron chi connectivity index (χ0n) is 15.6. The predicted molar refractivity (Wildman–Crippen MR) is 108 cm³/mol. The first-order valence-corrected chi connectivity index (χ1v) is 9.46. The Kier molecular flexibility index (Phi) is 4.56. The summed E-state index contributed by atoms with van der Waals surface area (Å²) in [5.41, 5.74) is 2.53. The van der Waals surface area contributed by atoms with Gasteiger partial charge in [-0.2, -0.15) is 0 Å². The highest BCUT2D eigenvalue weighted by Crippen LogP contribution is 2.32. The number of carbonyl (C=O) groups excluding carboxylic acids is 1. The molecule has 0 aliphatic carbocycles. The molecule has 1 aliphatic rings. The van der Waals surface area contributed by atoms with Crippen LogP contribution >= 0.6 is 11.3 Å². The van der Waals surface area contributed by atoms with Gasteiger partial charge in [-0.3, -0.25) is 0 Å². The predicted octanol–water partition coefficient (Wildman–Crippen LogP) is 4.34. The van der Waals surface area contributed by atoms with Crippen LogP contribution in [0.3, 0.4) is 0 Å². The van der Waals surface area contributed by atoms with Crippen molar-refractivity contribution in [3.05, 3.63) is 60.2 Å². The zero-order valence-corrected chi connectivity index (χ0v) is 16.4. The third-order valence-corrected chi connectivity index (χ3v) is 5.25. The fourth-order valence-electron chi connectivity index (χ4n) is 2.89. The highest BCUT2D eigenvalue weighted by atomic mass is 32.1.